The normalized spacial score (nSPS) is 12.0. The van der Waals surface area contributed by atoms with Crippen molar-refractivity contribution in [1.82, 2.24) is 9.29 Å². The van der Waals surface area contributed by atoms with E-state index in [4.69, 9.17) is 0 Å². The van der Waals surface area contributed by atoms with E-state index in [1.807, 2.05) is 0 Å². The SMILES string of the molecule is CN(C)S(=O)(=O)c1ccnc(F)c1. The van der Waals surface area contributed by atoms with Crippen molar-refractivity contribution in [3.63, 3.8) is 0 Å². The van der Waals surface area contributed by atoms with Gasteiger partial charge in [0, 0.05) is 26.4 Å². The van der Waals surface area contributed by atoms with Gasteiger partial charge in [0.1, 0.15) is 0 Å². The van der Waals surface area contributed by atoms with Crippen molar-refractivity contribution in [2.24, 2.45) is 0 Å². The summed E-state index contributed by atoms with van der Waals surface area (Å²) in [4.78, 5) is 3.17. The van der Waals surface area contributed by atoms with E-state index in [1.54, 1.807) is 0 Å². The molecular weight excluding hydrogens is 195 g/mol. The van der Waals surface area contributed by atoms with Gasteiger partial charge < -0.3 is 0 Å². The number of pyridine rings is 1. The molecule has 1 aromatic rings. The fraction of sp³-hybridized carbons (Fsp3) is 0.286. The van der Waals surface area contributed by atoms with Crippen LogP contribution in [0.15, 0.2) is 23.2 Å². The Balaban J connectivity index is 3.24. The topological polar surface area (TPSA) is 50.3 Å². The zero-order chi connectivity index (χ0) is 10.1. The van der Waals surface area contributed by atoms with Crippen LogP contribution in [0, 0.1) is 5.95 Å². The summed E-state index contributed by atoms with van der Waals surface area (Å²) < 4.78 is 36.4. The van der Waals surface area contributed by atoms with Gasteiger partial charge >= 0.3 is 0 Å². The largest absolute Gasteiger partial charge is 0.242 e. The molecule has 0 aliphatic carbocycles. The van der Waals surface area contributed by atoms with Crippen LogP contribution >= 0.6 is 0 Å². The Hall–Kier alpha value is -1.01. The first kappa shape index (κ1) is 10.1. The van der Waals surface area contributed by atoms with Crippen molar-refractivity contribution in [2.45, 2.75) is 4.90 Å². The molecule has 1 rings (SSSR count). The summed E-state index contributed by atoms with van der Waals surface area (Å²) in [5, 5.41) is 0. The summed E-state index contributed by atoms with van der Waals surface area (Å²) in [5.41, 5.74) is 0. The van der Waals surface area contributed by atoms with Gasteiger partial charge in [0.2, 0.25) is 16.0 Å². The van der Waals surface area contributed by atoms with E-state index in [-0.39, 0.29) is 4.90 Å². The Bertz CT molecular complexity index is 403. The maximum Gasteiger partial charge on any atom is 0.242 e. The Kier molecular flexibility index (Phi) is 2.63. The maximum atomic E-state index is 12.6. The summed E-state index contributed by atoms with van der Waals surface area (Å²) in [6.07, 6.45) is 1.12. The molecule has 0 unspecified atom stereocenters. The highest BCUT2D eigenvalue weighted by molar-refractivity contribution is 7.89. The molecular formula is C7H9FN2O2S. The van der Waals surface area contributed by atoms with Crippen molar-refractivity contribution in [3.05, 3.63) is 24.3 Å². The Morgan fingerprint density at radius 2 is 2.08 bits per heavy atom. The Morgan fingerprint density at radius 3 is 2.54 bits per heavy atom. The van der Waals surface area contributed by atoms with E-state index in [0.717, 1.165) is 16.6 Å². The first-order valence-electron chi connectivity index (χ1n) is 3.48. The molecule has 0 aromatic carbocycles. The van der Waals surface area contributed by atoms with Crippen molar-refractivity contribution in [2.75, 3.05) is 14.1 Å². The van der Waals surface area contributed by atoms with Crippen molar-refractivity contribution in [3.8, 4) is 0 Å². The number of halogens is 1. The Labute approximate surface area is 76.1 Å². The molecule has 1 aromatic heterocycles. The first-order valence-corrected chi connectivity index (χ1v) is 4.92. The molecule has 0 aliphatic heterocycles. The molecule has 0 bridgehead atoms. The molecule has 72 valence electrons. The van der Waals surface area contributed by atoms with Crippen molar-refractivity contribution in [1.29, 1.82) is 0 Å². The lowest BCUT2D eigenvalue weighted by molar-refractivity contribution is 0.517. The summed E-state index contributed by atoms with van der Waals surface area (Å²) >= 11 is 0. The second-order valence-corrected chi connectivity index (χ2v) is 4.75. The Morgan fingerprint density at radius 1 is 1.46 bits per heavy atom. The van der Waals surface area contributed by atoms with Gasteiger partial charge in [-0.2, -0.15) is 4.39 Å². The maximum absolute atomic E-state index is 12.6. The van der Waals surface area contributed by atoms with E-state index >= 15 is 0 Å². The van der Waals surface area contributed by atoms with Gasteiger partial charge in [-0.25, -0.2) is 17.7 Å². The second-order valence-electron chi connectivity index (χ2n) is 2.60. The summed E-state index contributed by atoms with van der Waals surface area (Å²) in [5.74, 6) is -0.803. The lowest BCUT2D eigenvalue weighted by atomic mass is 10.5. The van der Waals surface area contributed by atoms with Crippen LogP contribution in [-0.4, -0.2) is 31.8 Å². The zero-order valence-electron chi connectivity index (χ0n) is 7.23. The molecule has 6 heteroatoms. The number of sulfonamides is 1. The lowest BCUT2D eigenvalue weighted by Gasteiger charge is -2.10. The standard InChI is InChI=1S/C7H9FN2O2S/c1-10(2)13(11,12)6-3-4-9-7(8)5-6/h3-5H,1-2H3. The minimum Gasteiger partial charge on any atom is -0.228 e. The quantitative estimate of drug-likeness (QED) is 0.658. The second kappa shape index (κ2) is 3.39. The van der Waals surface area contributed by atoms with Crippen LogP contribution in [0.4, 0.5) is 4.39 Å². The van der Waals surface area contributed by atoms with E-state index in [1.165, 1.54) is 20.2 Å². The first-order chi connectivity index (χ1) is 5.94. The van der Waals surface area contributed by atoms with Crippen LogP contribution in [-0.2, 0) is 10.0 Å². The smallest absolute Gasteiger partial charge is 0.228 e. The molecule has 0 atom stereocenters. The average molecular weight is 204 g/mol. The molecule has 13 heavy (non-hydrogen) atoms. The highest BCUT2D eigenvalue weighted by Gasteiger charge is 2.17. The molecule has 0 saturated carbocycles. The monoisotopic (exact) mass is 204 g/mol. The van der Waals surface area contributed by atoms with Crippen molar-refractivity contribution >= 4 is 10.0 Å². The third-order valence-corrected chi connectivity index (χ3v) is 3.29. The highest BCUT2D eigenvalue weighted by Crippen LogP contribution is 2.11. The van der Waals surface area contributed by atoms with Crippen LogP contribution in [0.25, 0.3) is 0 Å². The van der Waals surface area contributed by atoms with Gasteiger partial charge in [-0.3, -0.25) is 0 Å². The summed E-state index contributed by atoms with van der Waals surface area (Å²) in [7, 11) is -0.781. The zero-order valence-corrected chi connectivity index (χ0v) is 8.05. The third kappa shape index (κ3) is 2.02. The fourth-order valence-electron chi connectivity index (χ4n) is 0.756. The summed E-state index contributed by atoms with van der Waals surface area (Å²) in [6, 6.07) is 2.13. The highest BCUT2D eigenvalue weighted by atomic mass is 32.2. The minimum atomic E-state index is -3.55. The fourth-order valence-corrected chi connectivity index (χ4v) is 1.66. The number of aromatic nitrogens is 1. The predicted octanol–water partition coefficient (Wildman–Crippen LogP) is 0.471. The van der Waals surface area contributed by atoms with Crippen LogP contribution in [0.2, 0.25) is 0 Å². The summed E-state index contributed by atoms with van der Waals surface area (Å²) in [6.45, 7) is 0. The molecule has 0 spiro atoms. The molecule has 0 N–H and O–H groups in total. The molecule has 0 aliphatic rings. The molecule has 0 amide bonds. The van der Waals surface area contributed by atoms with Gasteiger partial charge in [-0.15, -0.1) is 0 Å². The van der Waals surface area contributed by atoms with Gasteiger partial charge in [-0.05, 0) is 6.07 Å². The van der Waals surface area contributed by atoms with Gasteiger partial charge in [0.05, 0.1) is 4.90 Å². The average Bonchev–Trinajstić information content (AvgIpc) is 2.04. The number of hydrogen-bond donors (Lipinski definition) is 0. The van der Waals surface area contributed by atoms with E-state index in [0.29, 0.717) is 0 Å². The van der Waals surface area contributed by atoms with Crippen LogP contribution in [0.5, 0.6) is 0 Å². The van der Waals surface area contributed by atoms with E-state index in [2.05, 4.69) is 4.98 Å². The van der Waals surface area contributed by atoms with Crippen LogP contribution in [0.3, 0.4) is 0 Å². The van der Waals surface area contributed by atoms with Gasteiger partial charge in [0.25, 0.3) is 0 Å². The minimum absolute atomic E-state index is 0.0926. The van der Waals surface area contributed by atoms with Crippen LogP contribution in [0.1, 0.15) is 0 Å². The van der Waals surface area contributed by atoms with E-state index in [9.17, 15) is 12.8 Å². The predicted molar refractivity (Wildman–Crippen MR) is 45.1 cm³/mol. The molecule has 1 heterocycles. The van der Waals surface area contributed by atoms with Gasteiger partial charge in [0.15, 0.2) is 0 Å². The third-order valence-electron chi connectivity index (χ3n) is 1.48. The molecule has 4 nitrogen and oxygen atoms in total. The molecule has 0 radical (unpaired) electrons. The molecule has 0 saturated heterocycles. The van der Waals surface area contributed by atoms with Gasteiger partial charge in [-0.1, -0.05) is 0 Å². The number of hydrogen-bond acceptors (Lipinski definition) is 3. The number of rotatable bonds is 2. The van der Waals surface area contributed by atoms with Crippen molar-refractivity contribution < 1.29 is 12.8 Å². The van der Waals surface area contributed by atoms with Crippen LogP contribution < -0.4 is 0 Å². The van der Waals surface area contributed by atoms with E-state index < -0.39 is 16.0 Å². The lowest BCUT2D eigenvalue weighted by Crippen LogP contribution is -2.22. The molecule has 0 fully saturated rings. The number of nitrogens with zero attached hydrogens (tertiary/aromatic N) is 2.